The minimum atomic E-state index is -0.319. The lowest BCUT2D eigenvalue weighted by molar-refractivity contribution is -0.121. The first-order chi connectivity index (χ1) is 14.1. The topological polar surface area (TPSA) is 74.0 Å². The predicted octanol–water partition coefficient (Wildman–Crippen LogP) is 3.46. The third-order valence-corrected chi connectivity index (χ3v) is 5.67. The molecule has 7 heteroatoms. The average molecular weight is 414 g/mol. The third-order valence-electron chi connectivity index (χ3n) is 5.36. The molecular formula is C22H21ClFN3O2. The zero-order valence-electron chi connectivity index (χ0n) is 15.7. The van der Waals surface area contributed by atoms with Crippen molar-refractivity contribution in [2.45, 2.75) is 18.9 Å². The molecular weight excluding hydrogens is 393 g/mol. The molecule has 0 saturated carbocycles. The van der Waals surface area contributed by atoms with Gasteiger partial charge < -0.3 is 20.4 Å². The monoisotopic (exact) mass is 413 g/mol. The molecule has 1 amide bonds. The first kappa shape index (κ1) is 19.6. The van der Waals surface area contributed by atoms with Crippen molar-refractivity contribution in [3.05, 3.63) is 58.9 Å². The van der Waals surface area contributed by atoms with Gasteiger partial charge in [0.05, 0.1) is 16.6 Å². The van der Waals surface area contributed by atoms with E-state index < -0.39 is 0 Å². The van der Waals surface area contributed by atoms with E-state index in [-0.39, 0.29) is 23.7 Å². The second-order valence-electron chi connectivity index (χ2n) is 7.29. The summed E-state index contributed by atoms with van der Waals surface area (Å²) in [6, 6.07) is 11.6. The standard InChI is InChI=1S/C22H21ClFN3O2/c23-18-3-1-2-16-17(10-13(12-28)11-26-19-8-9-25-22(19)29)20(27-21(16)18)14-4-6-15(24)7-5-14/h1-7,12-13,19,26-27H,8-11H2,(H,25,29)/t13?,19-/m0/s1. The van der Waals surface area contributed by atoms with Crippen LogP contribution in [-0.4, -0.2) is 36.3 Å². The number of carbonyl (C=O) groups excluding carboxylic acids is 2. The van der Waals surface area contributed by atoms with Gasteiger partial charge in [0.1, 0.15) is 12.1 Å². The minimum Gasteiger partial charge on any atom is -0.355 e. The van der Waals surface area contributed by atoms with E-state index in [0.29, 0.717) is 31.0 Å². The highest BCUT2D eigenvalue weighted by molar-refractivity contribution is 6.35. The van der Waals surface area contributed by atoms with Gasteiger partial charge in [-0.15, -0.1) is 0 Å². The van der Waals surface area contributed by atoms with Crippen molar-refractivity contribution in [1.82, 2.24) is 15.6 Å². The van der Waals surface area contributed by atoms with Crippen LogP contribution in [0.25, 0.3) is 22.2 Å². The van der Waals surface area contributed by atoms with Gasteiger partial charge in [0, 0.05) is 30.1 Å². The molecule has 0 bridgehead atoms. The molecule has 2 heterocycles. The van der Waals surface area contributed by atoms with Gasteiger partial charge in [0.25, 0.3) is 0 Å². The first-order valence-electron chi connectivity index (χ1n) is 9.58. The maximum absolute atomic E-state index is 13.4. The Morgan fingerprint density at radius 2 is 2.03 bits per heavy atom. The molecule has 0 aliphatic carbocycles. The van der Waals surface area contributed by atoms with E-state index in [1.807, 2.05) is 12.1 Å². The fourth-order valence-electron chi connectivity index (χ4n) is 3.83. The summed E-state index contributed by atoms with van der Waals surface area (Å²) in [4.78, 5) is 26.9. The molecule has 1 unspecified atom stereocenters. The number of fused-ring (bicyclic) bond motifs is 1. The largest absolute Gasteiger partial charge is 0.355 e. The molecule has 3 N–H and O–H groups in total. The summed E-state index contributed by atoms with van der Waals surface area (Å²) >= 11 is 6.37. The molecule has 1 fully saturated rings. The van der Waals surface area contributed by atoms with E-state index >= 15 is 0 Å². The van der Waals surface area contributed by atoms with Crippen molar-refractivity contribution in [3.8, 4) is 11.3 Å². The van der Waals surface area contributed by atoms with E-state index in [4.69, 9.17) is 11.6 Å². The average Bonchev–Trinajstić information content (AvgIpc) is 3.30. The van der Waals surface area contributed by atoms with Crippen LogP contribution in [0.1, 0.15) is 12.0 Å². The molecule has 0 spiro atoms. The summed E-state index contributed by atoms with van der Waals surface area (Å²) in [5.41, 5.74) is 3.38. The number of rotatable bonds is 7. The Hall–Kier alpha value is -2.70. The van der Waals surface area contributed by atoms with E-state index in [1.165, 1.54) is 12.1 Å². The summed E-state index contributed by atoms with van der Waals surface area (Å²) in [5, 5.41) is 7.49. The Morgan fingerprint density at radius 3 is 2.72 bits per heavy atom. The smallest absolute Gasteiger partial charge is 0.237 e. The van der Waals surface area contributed by atoms with Crippen LogP contribution in [0.4, 0.5) is 4.39 Å². The van der Waals surface area contributed by atoms with E-state index in [2.05, 4.69) is 15.6 Å². The Bertz CT molecular complexity index is 1050. The molecule has 150 valence electrons. The molecule has 29 heavy (non-hydrogen) atoms. The summed E-state index contributed by atoms with van der Waals surface area (Å²) in [5.74, 6) is -0.657. The Labute approximate surface area is 172 Å². The van der Waals surface area contributed by atoms with Crippen molar-refractivity contribution >= 4 is 34.7 Å². The molecule has 5 nitrogen and oxygen atoms in total. The van der Waals surface area contributed by atoms with Gasteiger partial charge in [0.15, 0.2) is 0 Å². The number of H-pyrrole nitrogens is 1. The van der Waals surface area contributed by atoms with Crippen LogP contribution < -0.4 is 10.6 Å². The van der Waals surface area contributed by atoms with E-state index in [0.717, 1.165) is 34.0 Å². The molecule has 1 aromatic heterocycles. The normalized spacial score (nSPS) is 17.4. The second kappa shape index (κ2) is 8.35. The molecule has 1 saturated heterocycles. The highest BCUT2D eigenvalue weighted by Gasteiger charge is 2.25. The van der Waals surface area contributed by atoms with Gasteiger partial charge in [-0.1, -0.05) is 23.7 Å². The van der Waals surface area contributed by atoms with Crippen LogP contribution in [0.3, 0.4) is 0 Å². The Balaban J connectivity index is 1.66. The number of carbonyl (C=O) groups is 2. The summed E-state index contributed by atoms with van der Waals surface area (Å²) in [6.07, 6.45) is 2.10. The van der Waals surface area contributed by atoms with Crippen LogP contribution in [0, 0.1) is 11.7 Å². The van der Waals surface area contributed by atoms with Gasteiger partial charge in [-0.3, -0.25) is 4.79 Å². The second-order valence-corrected chi connectivity index (χ2v) is 7.70. The highest BCUT2D eigenvalue weighted by atomic mass is 35.5. The molecule has 2 atom stereocenters. The van der Waals surface area contributed by atoms with E-state index in [9.17, 15) is 14.0 Å². The number of aromatic amines is 1. The Morgan fingerprint density at radius 1 is 1.24 bits per heavy atom. The fraction of sp³-hybridized carbons (Fsp3) is 0.273. The van der Waals surface area contributed by atoms with Crippen LogP contribution >= 0.6 is 11.6 Å². The zero-order chi connectivity index (χ0) is 20.4. The van der Waals surface area contributed by atoms with Gasteiger partial charge in [-0.25, -0.2) is 4.39 Å². The SMILES string of the molecule is O=CC(CN[C@H]1CCNC1=O)Cc1c(-c2ccc(F)cc2)[nH]c2c(Cl)cccc12. The number of amides is 1. The van der Waals surface area contributed by atoms with Crippen LogP contribution in [0.15, 0.2) is 42.5 Å². The predicted molar refractivity (Wildman–Crippen MR) is 111 cm³/mol. The summed E-state index contributed by atoms with van der Waals surface area (Å²) in [7, 11) is 0. The van der Waals surface area contributed by atoms with Crippen molar-refractivity contribution in [1.29, 1.82) is 0 Å². The summed E-state index contributed by atoms with van der Waals surface area (Å²) in [6.45, 7) is 1.05. The lowest BCUT2D eigenvalue weighted by atomic mass is 9.95. The molecule has 1 aliphatic heterocycles. The number of aromatic nitrogens is 1. The van der Waals surface area contributed by atoms with E-state index in [1.54, 1.807) is 18.2 Å². The van der Waals surface area contributed by atoms with Gasteiger partial charge >= 0.3 is 0 Å². The van der Waals surface area contributed by atoms with Crippen LogP contribution in [0.2, 0.25) is 5.02 Å². The van der Waals surface area contributed by atoms with Gasteiger partial charge in [0.2, 0.25) is 5.91 Å². The number of hydrogen-bond donors (Lipinski definition) is 3. The van der Waals surface area contributed by atoms with Gasteiger partial charge in [-0.05, 0) is 54.3 Å². The van der Waals surface area contributed by atoms with Crippen LogP contribution in [-0.2, 0) is 16.0 Å². The number of para-hydroxylation sites is 1. The van der Waals surface area contributed by atoms with Crippen molar-refractivity contribution < 1.29 is 14.0 Å². The Kier molecular flexibility index (Phi) is 5.65. The van der Waals surface area contributed by atoms with Crippen LogP contribution in [0.5, 0.6) is 0 Å². The first-order valence-corrected chi connectivity index (χ1v) is 9.96. The summed E-state index contributed by atoms with van der Waals surface area (Å²) < 4.78 is 13.4. The highest BCUT2D eigenvalue weighted by Crippen LogP contribution is 2.35. The van der Waals surface area contributed by atoms with Crippen molar-refractivity contribution in [3.63, 3.8) is 0 Å². The quantitative estimate of drug-likeness (QED) is 0.519. The number of aldehydes is 1. The lowest BCUT2D eigenvalue weighted by Crippen LogP contribution is -2.39. The molecule has 3 aromatic rings. The molecule has 2 aromatic carbocycles. The number of hydrogen-bond acceptors (Lipinski definition) is 3. The molecule has 0 radical (unpaired) electrons. The molecule has 4 rings (SSSR count). The molecule has 1 aliphatic rings. The minimum absolute atomic E-state index is 0.0273. The zero-order valence-corrected chi connectivity index (χ0v) is 16.4. The lowest BCUT2D eigenvalue weighted by Gasteiger charge is -2.15. The van der Waals surface area contributed by atoms with Crippen molar-refractivity contribution in [2.24, 2.45) is 5.92 Å². The maximum atomic E-state index is 13.4. The fourth-order valence-corrected chi connectivity index (χ4v) is 4.05. The number of halogens is 2. The maximum Gasteiger partial charge on any atom is 0.237 e. The number of benzene rings is 2. The van der Waals surface area contributed by atoms with Crippen molar-refractivity contribution in [2.75, 3.05) is 13.1 Å². The van der Waals surface area contributed by atoms with Gasteiger partial charge in [-0.2, -0.15) is 0 Å². The number of nitrogens with one attached hydrogen (secondary N) is 3. The third kappa shape index (κ3) is 4.04.